The molecule has 5 heteroatoms. The van der Waals surface area contributed by atoms with E-state index < -0.39 is 5.97 Å². The molecule has 0 aliphatic rings. The topological polar surface area (TPSA) is 52.8 Å². The minimum absolute atomic E-state index is 0.282. The van der Waals surface area contributed by atoms with Gasteiger partial charge in [0.2, 0.25) is 5.88 Å². The van der Waals surface area contributed by atoms with Gasteiger partial charge in [0.15, 0.2) is 5.69 Å². The normalized spacial score (nSPS) is 10.4. The van der Waals surface area contributed by atoms with Crippen molar-refractivity contribution in [1.82, 2.24) is 9.38 Å². The molecule has 0 aliphatic heterocycles. The maximum absolute atomic E-state index is 11.7. The minimum atomic E-state index is -0.432. The molecule has 2 heterocycles. The van der Waals surface area contributed by atoms with Gasteiger partial charge in [-0.3, -0.25) is 4.40 Å². The number of esters is 1. The summed E-state index contributed by atoms with van der Waals surface area (Å²) in [4.78, 5) is 15.9. The molecule has 84 valence electrons. The summed E-state index contributed by atoms with van der Waals surface area (Å²) < 4.78 is 11.7. The van der Waals surface area contributed by atoms with Gasteiger partial charge in [-0.2, -0.15) is 4.98 Å². The maximum Gasteiger partial charge on any atom is 0.361 e. The summed E-state index contributed by atoms with van der Waals surface area (Å²) in [6.07, 6.45) is 1.75. The Morgan fingerprint density at radius 1 is 1.50 bits per heavy atom. The molecule has 0 saturated carbocycles. The second kappa shape index (κ2) is 4.22. The Hall–Kier alpha value is -2.04. The fraction of sp³-hybridized carbons (Fsp3) is 0.273. The number of pyridine rings is 1. The second-order valence-electron chi connectivity index (χ2n) is 3.12. The standard InChI is InChI=1S/C11H12N2O3/c1-3-16-11(14)9-10(15-2)12-8-6-4-5-7-13(8)9/h4-7H,3H2,1-2H3. The summed E-state index contributed by atoms with van der Waals surface area (Å²) in [5, 5.41) is 0. The lowest BCUT2D eigenvalue weighted by atomic mass is 10.4. The summed E-state index contributed by atoms with van der Waals surface area (Å²) in [5.41, 5.74) is 0.974. The van der Waals surface area contributed by atoms with Crippen molar-refractivity contribution in [1.29, 1.82) is 0 Å². The van der Waals surface area contributed by atoms with E-state index in [1.807, 2.05) is 12.1 Å². The van der Waals surface area contributed by atoms with Crippen LogP contribution in [0.2, 0.25) is 0 Å². The van der Waals surface area contributed by atoms with Gasteiger partial charge in [0.25, 0.3) is 0 Å². The largest absolute Gasteiger partial charge is 0.479 e. The van der Waals surface area contributed by atoms with E-state index in [-0.39, 0.29) is 5.88 Å². The van der Waals surface area contributed by atoms with Crippen LogP contribution in [0.25, 0.3) is 5.65 Å². The van der Waals surface area contributed by atoms with Gasteiger partial charge in [0, 0.05) is 6.20 Å². The first-order chi connectivity index (χ1) is 7.77. The van der Waals surface area contributed by atoms with E-state index in [2.05, 4.69) is 4.98 Å². The highest BCUT2D eigenvalue weighted by Gasteiger charge is 2.20. The van der Waals surface area contributed by atoms with Crippen LogP contribution in [0.1, 0.15) is 17.4 Å². The first-order valence-electron chi connectivity index (χ1n) is 4.96. The summed E-state index contributed by atoms with van der Waals surface area (Å²) in [5.74, 6) is -0.150. The zero-order chi connectivity index (χ0) is 11.5. The minimum Gasteiger partial charge on any atom is -0.479 e. The molecule has 0 radical (unpaired) electrons. The van der Waals surface area contributed by atoms with Gasteiger partial charge < -0.3 is 9.47 Å². The zero-order valence-corrected chi connectivity index (χ0v) is 9.14. The number of fused-ring (bicyclic) bond motifs is 1. The van der Waals surface area contributed by atoms with Crippen molar-refractivity contribution in [3.8, 4) is 5.88 Å². The lowest BCUT2D eigenvalue weighted by Gasteiger charge is -2.02. The summed E-state index contributed by atoms with van der Waals surface area (Å²) in [6.45, 7) is 2.08. The SMILES string of the molecule is CCOC(=O)c1c(OC)nc2ccccn12. The van der Waals surface area contributed by atoms with Crippen LogP contribution < -0.4 is 4.74 Å². The van der Waals surface area contributed by atoms with E-state index in [1.54, 1.807) is 23.6 Å². The van der Waals surface area contributed by atoms with E-state index in [9.17, 15) is 4.79 Å². The van der Waals surface area contributed by atoms with Crippen LogP contribution in [0.4, 0.5) is 0 Å². The van der Waals surface area contributed by atoms with E-state index in [0.717, 1.165) is 0 Å². The van der Waals surface area contributed by atoms with Crippen LogP contribution >= 0.6 is 0 Å². The lowest BCUT2D eigenvalue weighted by Crippen LogP contribution is -2.09. The van der Waals surface area contributed by atoms with Gasteiger partial charge in [-0.15, -0.1) is 0 Å². The second-order valence-corrected chi connectivity index (χ2v) is 3.12. The third-order valence-corrected chi connectivity index (χ3v) is 2.16. The van der Waals surface area contributed by atoms with Gasteiger partial charge in [-0.1, -0.05) is 6.07 Å². The van der Waals surface area contributed by atoms with E-state index >= 15 is 0 Å². The number of hydrogen-bond donors (Lipinski definition) is 0. The fourth-order valence-corrected chi connectivity index (χ4v) is 1.50. The lowest BCUT2D eigenvalue weighted by molar-refractivity contribution is 0.0514. The molecule has 5 nitrogen and oxygen atoms in total. The third kappa shape index (κ3) is 1.60. The molecule has 0 N–H and O–H groups in total. The van der Waals surface area contributed by atoms with Crippen LogP contribution in [0.3, 0.4) is 0 Å². The summed E-state index contributed by atoms with van der Waals surface area (Å²) in [6, 6.07) is 5.46. The van der Waals surface area contributed by atoms with Gasteiger partial charge >= 0.3 is 5.97 Å². The molecular weight excluding hydrogens is 208 g/mol. The molecule has 16 heavy (non-hydrogen) atoms. The number of nitrogens with zero attached hydrogens (tertiary/aromatic N) is 2. The molecule has 0 fully saturated rings. The first-order valence-corrected chi connectivity index (χ1v) is 4.96. The number of hydrogen-bond acceptors (Lipinski definition) is 4. The average Bonchev–Trinajstić information content (AvgIpc) is 2.67. The highest BCUT2D eigenvalue weighted by molar-refractivity contribution is 5.91. The number of imidazole rings is 1. The van der Waals surface area contributed by atoms with Crippen LogP contribution in [-0.4, -0.2) is 29.1 Å². The Kier molecular flexibility index (Phi) is 2.76. The van der Waals surface area contributed by atoms with E-state index in [4.69, 9.17) is 9.47 Å². The Morgan fingerprint density at radius 2 is 2.31 bits per heavy atom. The highest BCUT2D eigenvalue weighted by Crippen LogP contribution is 2.20. The molecule has 2 aromatic rings. The van der Waals surface area contributed by atoms with Crippen molar-refractivity contribution in [2.24, 2.45) is 0 Å². The van der Waals surface area contributed by atoms with E-state index in [1.165, 1.54) is 7.11 Å². The van der Waals surface area contributed by atoms with Crippen LogP contribution in [0.5, 0.6) is 5.88 Å². The number of methoxy groups -OCH3 is 1. The summed E-state index contributed by atoms with van der Waals surface area (Å²) in [7, 11) is 1.48. The molecule has 2 rings (SSSR count). The fourth-order valence-electron chi connectivity index (χ4n) is 1.50. The highest BCUT2D eigenvalue weighted by atomic mass is 16.5. The molecule has 2 aromatic heterocycles. The maximum atomic E-state index is 11.7. The Balaban J connectivity index is 2.60. The molecule has 0 amide bonds. The van der Waals surface area contributed by atoms with Gasteiger partial charge in [0.1, 0.15) is 5.65 Å². The van der Waals surface area contributed by atoms with Crippen molar-refractivity contribution in [2.75, 3.05) is 13.7 Å². The van der Waals surface area contributed by atoms with Crippen molar-refractivity contribution in [2.45, 2.75) is 6.92 Å². The molecule has 0 aromatic carbocycles. The zero-order valence-electron chi connectivity index (χ0n) is 9.14. The van der Waals surface area contributed by atoms with Crippen LogP contribution in [0, 0.1) is 0 Å². The molecule has 0 bridgehead atoms. The number of carbonyl (C=O) groups excluding carboxylic acids is 1. The number of rotatable bonds is 3. The number of carbonyl (C=O) groups is 1. The molecule has 0 saturated heterocycles. The predicted octanol–water partition coefficient (Wildman–Crippen LogP) is 1.52. The Labute approximate surface area is 92.6 Å². The summed E-state index contributed by atoms with van der Waals surface area (Å²) >= 11 is 0. The van der Waals surface area contributed by atoms with Gasteiger partial charge in [-0.05, 0) is 19.1 Å². The quantitative estimate of drug-likeness (QED) is 0.736. The molecule has 0 aliphatic carbocycles. The predicted molar refractivity (Wildman–Crippen MR) is 57.7 cm³/mol. The van der Waals surface area contributed by atoms with Crippen molar-refractivity contribution in [3.63, 3.8) is 0 Å². The Morgan fingerprint density at radius 3 is 3.00 bits per heavy atom. The van der Waals surface area contributed by atoms with E-state index in [0.29, 0.717) is 17.9 Å². The third-order valence-electron chi connectivity index (χ3n) is 2.16. The average molecular weight is 220 g/mol. The van der Waals surface area contributed by atoms with Gasteiger partial charge in [-0.25, -0.2) is 4.79 Å². The molecule has 0 atom stereocenters. The van der Waals surface area contributed by atoms with Crippen molar-refractivity contribution < 1.29 is 14.3 Å². The first kappa shape index (κ1) is 10.5. The molecule has 0 spiro atoms. The van der Waals surface area contributed by atoms with Crippen molar-refractivity contribution in [3.05, 3.63) is 30.1 Å². The van der Waals surface area contributed by atoms with Crippen molar-refractivity contribution >= 4 is 11.6 Å². The molecular formula is C11H12N2O3. The Bertz CT molecular complexity index is 519. The smallest absolute Gasteiger partial charge is 0.361 e. The molecule has 0 unspecified atom stereocenters. The monoisotopic (exact) mass is 220 g/mol. The van der Waals surface area contributed by atoms with Crippen LogP contribution in [-0.2, 0) is 4.74 Å². The number of aromatic nitrogens is 2. The van der Waals surface area contributed by atoms with Crippen LogP contribution in [0.15, 0.2) is 24.4 Å². The van der Waals surface area contributed by atoms with Gasteiger partial charge in [0.05, 0.1) is 13.7 Å². The number of ether oxygens (including phenoxy) is 2.